The van der Waals surface area contributed by atoms with Crippen LogP contribution in [0.4, 0.5) is 0 Å². The summed E-state index contributed by atoms with van der Waals surface area (Å²) in [5.41, 5.74) is -0.00755. The van der Waals surface area contributed by atoms with Gasteiger partial charge in [0.1, 0.15) is 0 Å². The maximum absolute atomic E-state index is 11.7. The molecular formula is C15H29NO2. The van der Waals surface area contributed by atoms with Crippen LogP contribution in [0.25, 0.3) is 0 Å². The van der Waals surface area contributed by atoms with E-state index in [-0.39, 0.29) is 11.5 Å². The van der Waals surface area contributed by atoms with Gasteiger partial charge in [0.25, 0.3) is 0 Å². The maximum Gasteiger partial charge on any atom is 0.307 e. The van der Waals surface area contributed by atoms with Gasteiger partial charge in [0, 0.05) is 5.54 Å². The summed E-state index contributed by atoms with van der Waals surface area (Å²) in [4.78, 5) is 11.7. The quantitative estimate of drug-likeness (QED) is 0.741. The van der Waals surface area contributed by atoms with Gasteiger partial charge in [-0.3, -0.25) is 4.79 Å². The molecule has 0 aliphatic heterocycles. The topological polar surface area (TPSA) is 38.3 Å². The molecule has 1 aliphatic carbocycles. The van der Waals surface area contributed by atoms with Crippen molar-refractivity contribution in [3.05, 3.63) is 0 Å². The summed E-state index contributed by atoms with van der Waals surface area (Å²) < 4.78 is 5.11. The Morgan fingerprint density at radius 1 is 1.33 bits per heavy atom. The zero-order valence-corrected chi connectivity index (χ0v) is 12.4. The summed E-state index contributed by atoms with van der Waals surface area (Å²) in [6, 6.07) is 0. The minimum absolute atomic E-state index is 0.00755. The van der Waals surface area contributed by atoms with Crippen molar-refractivity contribution in [1.82, 2.24) is 5.32 Å². The van der Waals surface area contributed by atoms with E-state index in [1.807, 2.05) is 6.92 Å². The third-order valence-corrected chi connectivity index (χ3v) is 4.27. The summed E-state index contributed by atoms with van der Waals surface area (Å²) in [6.45, 7) is 9.99. The van der Waals surface area contributed by atoms with Crippen LogP contribution in [0.1, 0.15) is 59.8 Å². The van der Waals surface area contributed by atoms with Gasteiger partial charge >= 0.3 is 5.97 Å². The van der Waals surface area contributed by atoms with Crippen molar-refractivity contribution in [3.8, 4) is 0 Å². The second-order valence-electron chi connectivity index (χ2n) is 5.87. The van der Waals surface area contributed by atoms with Crippen LogP contribution in [0.5, 0.6) is 0 Å². The average molecular weight is 255 g/mol. The zero-order chi connectivity index (χ0) is 13.6. The van der Waals surface area contributed by atoms with Crippen molar-refractivity contribution < 1.29 is 9.53 Å². The molecular weight excluding hydrogens is 226 g/mol. The molecule has 1 aliphatic rings. The number of esters is 1. The van der Waals surface area contributed by atoms with Crippen LogP contribution >= 0.6 is 0 Å². The summed E-state index contributed by atoms with van der Waals surface area (Å²) in [6.07, 6.45) is 5.18. The van der Waals surface area contributed by atoms with E-state index in [1.165, 1.54) is 12.8 Å². The lowest BCUT2D eigenvalue weighted by Crippen LogP contribution is -2.50. The SMILES string of the molecule is CCNC1(CC(=O)OCC)CCC(C(C)C)CC1. The predicted octanol–water partition coefficient (Wildman–Crippen LogP) is 3.13. The van der Waals surface area contributed by atoms with Gasteiger partial charge in [-0.05, 0) is 51.0 Å². The first-order valence-electron chi connectivity index (χ1n) is 7.43. The highest BCUT2D eigenvalue weighted by atomic mass is 16.5. The van der Waals surface area contributed by atoms with E-state index in [4.69, 9.17) is 4.74 Å². The smallest absolute Gasteiger partial charge is 0.307 e. The second-order valence-corrected chi connectivity index (χ2v) is 5.87. The minimum atomic E-state index is -0.0542. The molecule has 1 saturated carbocycles. The van der Waals surface area contributed by atoms with Crippen LogP contribution < -0.4 is 5.32 Å². The normalized spacial score (nSPS) is 28.4. The number of carbonyl (C=O) groups is 1. The average Bonchev–Trinajstić information content (AvgIpc) is 2.30. The van der Waals surface area contributed by atoms with Crippen LogP contribution in [-0.2, 0) is 9.53 Å². The number of hydrogen-bond acceptors (Lipinski definition) is 3. The molecule has 0 aromatic heterocycles. The van der Waals surface area contributed by atoms with E-state index >= 15 is 0 Å². The Hall–Kier alpha value is -0.570. The Bertz CT molecular complexity index is 255. The van der Waals surface area contributed by atoms with Crippen LogP contribution in [0.2, 0.25) is 0 Å². The Morgan fingerprint density at radius 2 is 1.94 bits per heavy atom. The number of nitrogens with one attached hydrogen (secondary N) is 1. The fourth-order valence-corrected chi connectivity index (χ4v) is 3.14. The summed E-state index contributed by atoms with van der Waals surface area (Å²) in [5, 5.41) is 3.55. The summed E-state index contributed by atoms with van der Waals surface area (Å²) in [7, 11) is 0. The molecule has 0 bridgehead atoms. The van der Waals surface area contributed by atoms with Crippen LogP contribution in [-0.4, -0.2) is 24.7 Å². The van der Waals surface area contributed by atoms with Gasteiger partial charge in [0.15, 0.2) is 0 Å². The van der Waals surface area contributed by atoms with Gasteiger partial charge in [0.05, 0.1) is 13.0 Å². The van der Waals surface area contributed by atoms with Crippen molar-refractivity contribution in [1.29, 1.82) is 0 Å². The molecule has 18 heavy (non-hydrogen) atoms. The zero-order valence-electron chi connectivity index (χ0n) is 12.4. The molecule has 0 atom stereocenters. The summed E-state index contributed by atoms with van der Waals surface area (Å²) >= 11 is 0. The van der Waals surface area contributed by atoms with Crippen LogP contribution in [0, 0.1) is 11.8 Å². The highest BCUT2D eigenvalue weighted by molar-refractivity contribution is 5.71. The number of hydrogen-bond donors (Lipinski definition) is 1. The molecule has 0 aromatic rings. The van der Waals surface area contributed by atoms with Gasteiger partial charge in [0.2, 0.25) is 0 Å². The largest absolute Gasteiger partial charge is 0.466 e. The van der Waals surface area contributed by atoms with E-state index in [0.717, 1.165) is 31.2 Å². The first-order chi connectivity index (χ1) is 8.53. The number of carbonyl (C=O) groups excluding carboxylic acids is 1. The highest BCUT2D eigenvalue weighted by Gasteiger charge is 2.37. The molecule has 0 aromatic carbocycles. The predicted molar refractivity (Wildman–Crippen MR) is 74.5 cm³/mol. The van der Waals surface area contributed by atoms with E-state index in [9.17, 15) is 4.79 Å². The van der Waals surface area contributed by atoms with Crippen molar-refractivity contribution >= 4 is 5.97 Å². The van der Waals surface area contributed by atoms with Gasteiger partial charge in [-0.2, -0.15) is 0 Å². The molecule has 1 rings (SSSR count). The monoisotopic (exact) mass is 255 g/mol. The summed E-state index contributed by atoms with van der Waals surface area (Å²) in [5.74, 6) is 1.52. The molecule has 3 nitrogen and oxygen atoms in total. The van der Waals surface area contributed by atoms with Gasteiger partial charge < -0.3 is 10.1 Å². The lowest BCUT2D eigenvalue weighted by molar-refractivity contribution is -0.145. The standard InChI is InChI=1S/C15H29NO2/c1-5-16-15(11-14(17)18-6-2)9-7-13(8-10-15)12(3)4/h12-13,16H,5-11H2,1-4H3. The van der Waals surface area contributed by atoms with E-state index < -0.39 is 0 Å². The van der Waals surface area contributed by atoms with Crippen molar-refractivity contribution in [2.45, 2.75) is 65.3 Å². The van der Waals surface area contributed by atoms with Gasteiger partial charge in [-0.15, -0.1) is 0 Å². The first-order valence-corrected chi connectivity index (χ1v) is 7.43. The molecule has 0 radical (unpaired) electrons. The van der Waals surface area contributed by atoms with Crippen LogP contribution in [0.3, 0.4) is 0 Å². The Kier molecular flexibility index (Phi) is 6.13. The van der Waals surface area contributed by atoms with Crippen molar-refractivity contribution in [2.24, 2.45) is 11.8 Å². The van der Waals surface area contributed by atoms with E-state index in [1.54, 1.807) is 0 Å². The van der Waals surface area contributed by atoms with E-state index in [0.29, 0.717) is 13.0 Å². The lowest BCUT2D eigenvalue weighted by Gasteiger charge is -2.41. The lowest BCUT2D eigenvalue weighted by atomic mass is 9.71. The van der Waals surface area contributed by atoms with E-state index in [2.05, 4.69) is 26.1 Å². The molecule has 0 amide bonds. The molecule has 0 spiro atoms. The van der Waals surface area contributed by atoms with Crippen LogP contribution in [0.15, 0.2) is 0 Å². The number of ether oxygens (including phenoxy) is 1. The Labute approximate surface area is 112 Å². The molecule has 3 heteroatoms. The fraction of sp³-hybridized carbons (Fsp3) is 0.933. The highest BCUT2D eigenvalue weighted by Crippen LogP contribution is 2.37. The first kappa shape index (κ1) is 15.5. The molecule has 106 valence electrons. The Morgan fingerprint density at radius 3 is 2.39 bits per heavy atom. The van der Waals surface area contributed by atoms with Crippen molar-refractivity contribution in [3.63, 3.8) is 0 Å². The molecule has 1 fully saturated rings. The molecule has 0 saturated heterocycles. The molecule has 0 heterocycles. The number of rotatable bonds is 6. The Balaban J connectivity index is 2.57. The maximum atomic E-state index is 11.7. The van der Waals surface area contributed by atoms with Crippen molar-refractivity contribution in [2.75, 3.05) is 13.2 Å². The third kappa shape index (κ3) is 4.27. The van der Waals surface area contributed by atoms with Gasteiger partial charge in [-0.25, -0.2) is 0 Å². The fourth-order valence-electron chi connectivity index (χ4n) is 3.14. The minimum Gasteiger partial charge on any atom is -0.466 e. The molecule has 1 N–H and O–H groups in total. The van der Waals surface area contributed by atoms with Gasteiger partial charge in [-0.1, -0.05) is 20.8 Å². The second kappa shape index (κ2) is 7.13. The molecule has 0 unspecified atom stereocenters. The third-order valence-electron chi connectivity index (χ3n) is 4.27.